The van der Waals surface area contributed by atoms with Gasteiger partial charge < -0.3 is 8.85 Å². The van der Waals surface area contributed by atoms with Crippen LogP contribution in [0.15, 0.2) is 23.3 Å². The van der Waals surface area contributed by atoms with E-state index in [9.17, 15) is 0 Å². The van der Waals surface area contributed by atoms with Crippen LogP contribution in [0.5, 0.6) is 0 Å². The lowest BCUT2D eigenvalue weighted by Gasteiger charge is -2.59. The Balaban J connectivity index is 1.56. The molecule has 0 aliphatic heterocycles. The van der Waals surface area contributed by atoms with Crippen molar-refractivity contribution in [1.82, 2.24) is 0 Å². The number of hydrogen-bond acceptors (Lipinski definition) is 2. The molecule has 3 saturated carbocycles. The monoisotopic (exact) mass is 564 g/mol. The Labute approximate surface area is 236 Å². The van der Waals surface area contributed by atoms with Gasteiger partial charge in [0.15, 0.2) is 16.6 Å². The molecular weight excluding hydrogens is 508 g/mol. The van der Waals surface area contributed by atoms with E-state index in [0.717, 1.165) is 18.3 Å². The summed E-state index contributed by atoms with van der Waals surface area (Å²) in [6.07, 6.45) is 15.7. The van der Waals surface area contributed by atoms with Gasteiger partial charge in [0.2, 0.25) is 0 Å². The molecular formula is C32H57ClO2Si2. The Kier molecular flexibility index (Phi) is 8.04. The molecule has 2 unspecified atom stereocenters. The van der Waals surface area contributed by atoms with Crippen molar-refractivity contribution < 1.29 is 8.85 Å². The van der Waals surface area contributed by atoms with Gasteiger partial charge >= 0.3 is 0 Å². The van der Waals surface area contributed by atoms with E-state index in [-0.39, 0.29) is 15.5 Å². The zero-order chi connectivity index (χ0) is 27.7. The minimum atomic E-state index is -1.85. The molecule has 4 aliphatic carbocycles. The van der Waals surface area contributed by atoms with Crippen LogP contribution in [0, 0.1) is 28.6 Å². The molecule has 0 saturated heterocycles. The first kappa shape index (κ1) is 30.1. The van der Waals surface area contributed by atoms with E-state index in [4.69, 9.17) is 20.5 Å². The Bertz CT molecular complexity index is 911. The molecule has 0 aromatic rings. The third-order valence-electron chi connectivity index (χ3n) is 12.5. The summed E-state index contributed by atoms with van der Waals surface area (Å²) < 4.78 is 14.1. The van der Waals surface area contributed by atoms with Crippen LogP contribution in [-0.2, 0) is 8.85 Å². The van der Waals surface area contributed by atoms with E-state index < -0.39 is 16.6 Å². The highest BCUT2D eigenvalue weighted by atomic mass is 35.5. The predicted molar refractivity (Wildman–Crippen MR) is 165 cm³/mol. The van der Waals surface area contributed by atoms with Gasteiger partial charge in [-0.05, 0) is 111 Å². The van der Waals surface area contributed by atoms with Crippen LogP contribution >= 0.6 is 11.6 Å². The maximum atomic E-state index is 7.19. The second kappa shape index (κ2) is 9.89. The highest BCUT2D eigenvalue weighted by molar-refractivity contribution is 6.74. The Morgan fingerprint density at radius 1 is 0.865 bits per heavy atom. The van der Waals surface area contributed by atoms with E-state index in [2.05, 4.69) is 86.8 Å². The third kappa shape index (κ3) is 5.18. The van der Waals surface area contributed by atoms with Gasteiger partial charge in [0.25, 0.3) is 0 Å². The Morgan fingerprint density at radius 3 is 2.08 bits per heavy atom. The average Bonchev–Trinajstić information content (AvgIpc) is 3.10. The summed E-state index contributed by atoms with van der Waals surface area (Å²) in [7, 11) is -3.59. The molecule has 0 bridgehead atoms. The molecule has 0 N–H and O–H groups in total. The molecule has 0 aromatic heterocycles. The van der Waals surface area contributed by atoms with Crippen molar-refractivity contribution >= 4 is 28.2 Å². The summed E-state index contributed by atoms with van der Waals surface area (Å²) in [5.74, 6) is 2.22. The quantitative estimate of drug-likeness (QED) is 0.244. The van der Waals surface area contributed by atoms with Crippen LogP contribution in [0.3, 0.4) is 0 Å². The molecule has 0 amide bonds. The molecule has 0 aromatic carbocycles. The molecule has 0 spiro atoms. The third-order valence-corrected chi connectivity index (χ3v) is 21.6. The molecule has 0 radical (unpaired) electrons. The van der Waals surface area contributed by atoms with Crippen LogP contribution in [0.2, 0.25) is 36.3 Å². The van der Waals surface area contributed by atoms with Gasteiger partial charge in [0.05, 0.1) is 6.10 Å². The number of fused-ring (bicyclic) bond motifs is 5. The summed E-state index contributed by atoms with van der Waals surface area (Å²) in [5, 5.41) is 0.503. The van der Waals surface area contributed by atoms with Gasteiger partial charge in [-0.25, -0.2) is 0 Å². The summed E-state index contributed by atoms with van der Waals surface area (Å²) in [6.45, 7) is 26.5. The van der Waals surface area contributed by atoms with Gasteiger partial charge in [0.1, 0.15) is 0 Å². The summed E-state index contributed by atoms with van der Waals surface area (Å²) in [4.78, 5) is 0. The Morgan fingerprint density at radius 2 is 1.49 bits per heavy atom. The molecule has 2 nitrogen and oxygen atoms in total. The second-order valence-electron chi connectivity index (χ2n) is 16.4. The van der Waals surface area contributed by atoms with Crippen LogP contribution < -0.4 is 0 Å². The maximum Gasteiger partial charge on any atom is 0.192 e. The number of rotatable bonds is 5. The van der Waals surface area contributed by atoms with Crippen molar-refractivity contribution in [2.45, 2.75) is 148 Å². The highest BCUT2D eigenvalue weighted by Crippen LogP contribution is 2.66. The number of halogens is 1. The summed E-state index contributed by atoms with van der Waals surface area (Å²) in [6, 6.07) is 0. The molecule has 212 valence electrons. The molecule has 37 heavy (non-hydrogen) atoms. The van der Waals surface area contributed by atoms with E-state index in [1.807, 2.05) is 5.54 Å². The Hall–Kier alpha value is 0.124. The van der Waals surface area contributed by atoms with E-state index in [1.54, 1.807) is 5.57 Å². The van der Waals surface area contributed by atoms with Gasteiger partial charge in [-0.15, -0.1) is 0 Å². The van der Waals surface area contributed by atoms with Gasteiger partial charge in [-0.1, -0.05) is 77.8 Å². The lowest BCUT2D eigenvalue weighted by Crippen LogP contribution is -2.54. The first-order valence-electron chi connectivity index (χ1n) is 15.2. The molecule has 0 heterocycles. The maximum absolute atomic E-state index is 7.19. The van der Waals surface area contributed by atoms with Crippen molar-refractivity contribution in [2.75, 3.05) is 0 Å². The van der Waals surface area contributed by atoms with Crippen LogP contribution in [0.1, 0.15) is 99.8 Å². The van der Waals surface area contributed by atoms with Crippen molar-refractivity contribution in [3.8, 4) is 0 Å². The molecule has 7 atom stereocenters. The first-order valence-corrected chi connectivity index (χ1v) is 21.5. The smallest absolute Gasteiger partial charge is 0.192 e. The van der Waals surface area contributed by atoms with E-state index in [0.29, 0.717) is 23.5 Å². The van der Waals surface area contributed by atoms with Crippen LogP contribution in [0.4, 0.5) is 0 Å². The van der Waals surface area contributed by atoms with Gasteiger partial charge in [-0.2, -0.15) is 0 Å². The second-order valence-corrected chi connectivity index (χ2v) is 26.2. The number of allylic oxidation sites excluding steroid dienone is 1. The predicted octanol–water partition coefficient (Wildman–Crippen LogP) is 10.5. The lowest BCUT2D eigenvalue weighted by molar-refractivity contribution is -0.0526. The SMILES string of the molecule is CC12CC[C@H](O[Si](C)(C)C(C)(C)C)CC1=CC[C@@H]1[C@@H]2CCC2(C=CCl)[C@@H](O[Si](C)(C)C(C)(C)C)CC[C@@H]12. The molecule has 4 rings (SSSR count). The van der Waals surface area contributed by atoms with Crippen molar-refractivity contribution in [1.29, 1.82) is 0 Å². The van der Waals surface area contributed by atoms with Crippen molar-refractivity contribution in [2.24, 2.45) is 28.6 Å². The normalized spacial score (nSPS) is 39.2. The minimum absolute atomic E-state index is 0.114. The fourth-order valence-corrected chi connectivity index (χ4v) is 11.2. The van der Waals surface area contributed by atoms with Crippen molar-refractivity contribution in [3.05, 3.63) is 23.3 Å². The fraction of sp³-hybridized carbons (Fsp3) is 0.875. The summed E-state index contributed by atoms with van der Waals surface area (Å²) >= 11 is 6.39. The fourth-order valence-electron chi connectivity index (χ4n) is 8.13. The molecule has 5 heteroatoms. The van der Waals surface area contributed by atoms with Gasteiger partial charge in [0, 0.05) is 17.1 Å². The first-order chi connectivity index (χ1) is 16.9. The molecule has 3 fully saturated rings. The largest absolute Gasteiger partial charge is 0.414 e. The summed E-state index contributed by atoms with van der Waals surface area (Å²) in [5.41, 5.74) is 4.00. The van der Waals surface area contributed by atoms with Gasteiger partial charge in [-0.3, -0.25) is 0 Å². The molecule has 4 aliphatic rings. The van der Waals surface area contributed by atoms with E-state index >= 15 is 0 Å². The van der Waals surface area contributed by atoms with Crippen LogP contribution in [0.25, 0.3) is 0 Å². The average molecular weight is 565 g/mol. The lowest BCUT2D eigenvalue weighted by atomic mass is 9.47. The zero-order valence-corrected chi connectivity index (χ0v) is 28.7. The topological polar surface area (TPSA) is 18.5 Å². The standard InChI is InChI=1S/C32H57ClO2Si2/c1-29(2,3)36(8,9)34-24-16-18-31(7)23(22-24)12-13-25-26(31)17-19-32(20-21-33)27(25)14-15-28(32)35-37(10,11)30(4,5)6/h12,20-21,24-28H,13-19,22H2,1-11H3/t24-,25+,26-,27-,28-,31?,32?/m0/s1. The van der Waals surface area contributed by atoms with Crippen molar-refractivity contribution in [3.63, 3.8) is 0 Å². The zero-order valence-electron chi connectivity index (χ0n) is 26.0. The number of hydrogen-bond donors (Lipinski definition) is 0. The van der Waals surface area contributed by atoms with E-state index in [1.165, 1.54) is 44.9 Å². The highest BCUT2D eigenvalue weighted by Gasteiger charge is 2.61. The minimum Gasteiger partial charge on any atom is -0.414 e. The van der Waals surface area contributed by atoms with Crippen LogP contribution in [-0.4, -0.2) is 28.8 Å².